The number of carbonyl (C=O) groups is 1. The van der Waals surface area contributed by atoms with Gasteiger partial charge in [0.25, 0.3) is 0 Å². The molecule has 1 fully saturated rings. The maximum atomic E-state index is 11.4. The van der Waals surface area contributed by atoms with Crippen molar-refractivity contribution in [2.75, 3.05) is 42.5 Å². The Morgan fingerprint density at radius 3 is 3.05 bits per heavy atom. The molecular formula is C16H24N4O. The van der Waals surface area contributed by atoms with Crippen molar-refractivity contribution in [3.63, 3.8) is 0 Å². The number of rotatable bonds is 4. The van der Waals surface area contributed by atoms with E-state index in [0.717, 1.165) is 30.9 Å². The van der Waals surface area contributed by atoms with Crippen LogP contribution in [0.15, 0.2) is 12.1 Å². The highest BCUT2D eigenvalue weighted by molar-refractivity contribution is 5.95. The zero-order valence-electron chi connectivity index (χ0n) is 12.6. The van der Waals surface area contributed by atoms with Gasteiger partial charge in [0, 0.05) is 25.2 Å². The Hall–Kier alpha value is -1.75. The molecule has 114 valence electrons. The number of fused-ring (bicyclic) bond motifs is 1. The molecule has 2 aliphatic rings. The van der Waals surface area contributed by atoms with Crippen molar-refractivity contribution in [2.45, 2.75) is 26.2 Å². The van der Waals surface area contributed by atoms with Crippen LogP contribution in [0.5, 0.6) is 0 Å². The van der Waals surface area contributed by atoms with E-state index in [1.165, 1.54) is 25.1 Å². The Morgan fingerprint density at radius 2 is 2.29 bits per heavy atom. The number of carbonyl (C=O) groups excluding carboxylic acids is 1. The summed E-state index contributed by atoms with van der Waals surface area (Å²) in [6.45, 7) is 6.69. The summed E-state index contributed by atoms with van der Waals surface area (Å²) < 4.78 is 0. The number of likely N-dealkylation sites (tertiary alicyclic amines) is 1. The highest BCUT2D eigenvalue weighted by Crippen LogP contribution is 2.31. The standard InChI is InChI=1S/C16H24N4O/c1-2-20-6-5-11(10-20)9-18-15-7-12-3-4-16(21)19-14(12)8-13(15)17/h7-8,11,18H,2-6,9-10,17H2,1H3,(H,19,21). The fraction of sp³-hybridized carbons (Fsp3) is 0.562. The average molecular weight is 288 g/mol. The maximum Gasteiger partial charge on any atom is 0.224 e. The second kappa shape index (κ2) is 5.93. The van der Waals surface area contributed by atoms with E-state index >= 15 is 0 Å². The molecule has 2 heterocycles. The number of benzene rings is 1. The van der Waals surface area contributed by atoms with Crippen LogP contribution in [-0.2, 0) is 11.2 Å². The number of hydrogen-bond donors (Lipinski definition) is 3. The first-order valence-electron chi connectivity index (χ1n) is 7.84. The normalized spacial score (nSPS) is 22.0. The number of hydrogen-bond acceptors (Lipinski definition) is 4. The molecule has 2 aliphatic heterocycles. The number of nitrogens with zero attached hydrogens (tertiary/aromatic N) is 1. The molecule has 0 saturated carbocycles. The van der Waals surface area contributed by atoms with Crippen LogP contribution in [0, 0.1) is 5.92 Å². The minimum absolute atomic E-state index is 0.0771. The van der Waals surface area contributed by atoms with E-state index in [-0.39, 0.29) is 5.91 Å². The number of amides is 1. The van der Waals surface area contributed by atoms with Gasteiger partial charge in [0.15, 0.2) is 0 Å². The first kappa shape index (κ1) is 14.2. The predicted octanol–water partition coefficient (Wildman–Crippen LogP) is 1.91. The predicted molar refractivity (Wildman–Crippen MR) is 86.5 cm³/mol. The van der Waals surface area contributed by atoms with Crippen LogP contribution in [0.2, 0.25) is 0 Å². The van der Waals surface area contributed by atoms with Crippen molar-refractivity contribution in [3.8, 4) is 0 Å². The number of nitrogens with two attached hydrogens (primary N) is 1. The fourth-order valence-corrected chi connectivity index (χ4v) is 3.22. The zero-order valence-corrected chi connectivity index (χ0v) is 12.6. The van der Waals surface area contributed by atoms with E-state index in [2.05, 4.69) is 28.5 Å². The summed E-state index contributed by atoms with van der Waals surface area (Å²) in [4.78, 5) is 13.9. The van der Waals surface area contributed by atoms with E-state index in [0.29, 0.717) is 18.0 Å². The average Bonchev–Trinajstić information content (AvgIpc) is 2.93. The highest BCUT2D eigenvalue weighted by atomic mass is 16.1. The van der Waals surface area contributed by atoms with Crippen LogP contribution < -0.4 is 16.4 Å². The third kappa shape index (κ3) is 3.13. The minimum atomic E-state index is 0.0771. The summed E-state index contributed by atoms with van der Waals surface area (Å²) >= 11 is 0. The lowest BCUT2D eigenvalue weighted by molar-refractivity contribution is -0.116. The molecule has 3 rings (SSSR count). The Balaban J connectivity index is 1.65. The fourth-order valence-electron chi connectivity index (χ4n) is 3.22. The summed E-state index contributed by atoms with van der Waals surface area (Å²) in [5, 5.41) is 6.38. The van der Waals surface area contributed by atoms with Crippen LogP contribution in [0.1, 0.15) is 25.3 Å². The molecule has 1 saturated heterocycles. The van der Waals surface area contributed by atoms with E-state index in [1.807, 2.05) is 6.07 Å². The van der Waals surface area contributed by atoms with Crippen molar-refractivity contribution in [1.29, 1.82) is 0 Å². The Labute approximate surface area is 125 Å². The van der Waals surface area contributed by atoms with Crippen molar-refractivity contribution >= 4 is 23.0 Å². The topological polar surface area (TPSA) is 70.4 Å². The van der Waals surface area contributed by atoms with Gasteiger partial charge in [-0.15, -0.1) is 0 Å². The monoisotopic (exact) mass is 288 g/mol. The Bertz CT molecular complexity index is 543. The van der Waals surface area contributed by atoms with Gasteiger partial charge in [-0.1, -0.05) is 6.92 Å². The third-order valence-electron chi connectivity index (χ3n) is 4.57. The van der Waals surface area contributed by atoms with Gasteiger partial charge in [0.2, 0.25) is 5.91 Å². The molecule has 1 atom stereocenters. The summed E-state index contributed by atoms with van der Waals surface area (Å²) in [6.07, 6.45) is 2.61. The van der Waals surface area contributed by atoms with Gasteiger partial charge >= 0.3 is 0 Å². The van der Waals surface area contributed by atoms with Gasteiger partial charge in [0.1, 0.15) is 0 Å². The minimum Gasteiger partial charge on any atom is -0.397 e. The second-order valence-electron chi connectivity index (χ2n) is 6.07. The first-order valence-corrected chi connectivity index (χ1v) is 7.84. The molecule has 1 aromatic rings. The van der Waals surface area contributed by atoms with Gasteiger partial charge < -0.3 is 21.3 Å². The molecule has 0 bridgehead atoms. The second-order valence-corrected chi connectivity index (χ2v) is 6.07. The molecule has 0 aliphatic carbocycles. The van der Waals surface area contributed by atoms with Gasteiger partial charge in [0.05, 0.1) is 11.4 Å². The highest BCUT2D eigenvalue weighted by Gasteiger charge is 2.21. The SMILES string of the molecule is CCN1CCC(CNc2cc3c(cc2N)NC(=O)CC3)C1. The maximum absolute atomic E-state index is 11.4. The largest absolute Gasteiger partial charge is 0.397 e. The molecule has 0 spiro atoms. The number of anilines is 3. The van der Waals surface area contributed by atoms with Crippen LogP contribution in [0.3, 0.4) is 0 Å². The number of nitrogens with one attached hydrogen (secondary N) is 2. The van der Waals surface area contributed by atoms with Crippen LogP contribution >= 0.6 is 0 Å². The molecule has 21 heavy (non-hydrogen) atoms. The van der Waals surface area contributed by atoms with E-state index in [1.54, 1.807) is 0 Å². The third-order valence-corrected chi connectivity index (χ3v) is 4.57. The molecule has 4 N–H and O–H groups in total. The van der Waals surface area contributed by atoms with Gasteiger partial charge in [-0.3, -0.25) is 4.79 Å². The summed E-state index contributed by atoms with van der Waals surface area (Å²) in [5.41, 5.74) is 9.86. The summed E-state index contributed by atoms with van der Waals surface area (Å²) in [5.74, 6) is 0.772. The van der Waals surface area contributed by atoms with Crippen molar-refractivity contribution < 1.29 is 4.79 Å². The first-order chi connectivity index (χ1) is 10.2. The Morgan fingerprint density at radius 1 is 1.43 bits per heavy atom. The molecule has 1 aromatic carbocycles. The summed E-state index contributed by atoms with van der Waals surface area (Å²) in [6, 6.07) is 3.97. The van der Waals surface area contributed by atoms with Crippen LogP contribution in [0.4, 0.5) is 17.1 Å². The van der Waals surface area contributed by atoms with E-state index in [4.69, 9.17) is 5.73 Å². The van der Waals surface area contributed by atoms with Crippen molar-refractivity contribution in [3.05, 3.63) is 17.7 Å². The quantitative estimate of drug-likeness (QED) is 0.740. The van der Waals surface area contributed by atoms with Crippen LogP contribution in [0.25, 0.3) is 0 Å². The van der Waals surface area contributed by atoms with Crippen molar-refractivity contribution in [1.82, 2.24) is 4.90 Å². The van der Waals surface area contributed by atoms with Gasteiger partial charge in [-0.25, -0.2) is 0 Å². The molecule has 5 heteroatoms. The molecule has 5 nitrogen and oxygen atoms in total. The lowest BCUT2D eigenvalue weighted by atomic mass is 10.0. The number of aryl methyl sites for hydroxylation is 1. The molecular weight excluding hydrogens is 264 g/mol. The van der Waals surface area contributed by atoms with Crippen molar-refractivity contribution in [2.24, 2.45) is 5.92 Å². The summed E-state index contributed by atoms with van der Waals surface area (Å²) in [7, 11) is 0. The van der Waals surface area contributed by atoms with Gasteiger partial charge in [-0.2, -0.15) is 0 Å². The van der Waals surface area contributed by atoms with E-state index in [9.17, 15) is 4.79 Å². The zero-order chi connectivity index (χ0) is 14.8. The lowest BCUT2D eigenvalue weighted by Gasteiger charge is -2.21. The lowest BCUT2D eigenvalue weighted by Crippen LogP contribution is -2.23. The van der Waals surface area contributed by atoms with Crippen LogP contribution in [-0.4, -0.2) is 37.0 Å². The van der Waals surface area contributed by atoms with Gasteiger partial charge in [-0.05, 0) is 49.5 Å². The van der Waals surface area contributed by atoms with E-state index < -0.39 is 0 Å². The Kier molecular flexibility index (Phi) is 4.01. The molecule has 1 amide bonds. The molecule has 0 radical (unpaired) electrons. The molecule has 1 unspecified atom stereocenters. The number of nitrogen functional groups attached to an aromatic ring is 1. The molecule has 0 aromatic heterocycles. The smallest absolute Gasteiger partial charge is 0.224 e.